The highest BCUT2D eigenvalue weighted by Gasteiger charge is 2.32. The zero-order valence-corrected chi connectivity index (χ0v) is 31.6. The Morgan fingerprint density at radius 2 is 1.10 bits per heavy atom. The van der Waals surface area contributed by atoms with Crippen LogP contribution in [0, 0.1) is 10.8 Å². The number of aromatic nitrogens is 4. The summed E-state index contributed by atoms with van der Waals surface area (Å²) in [6.07, 6.45) is 20.2. The lowest BCUT2D eigenvalue weighted by Gasteiger charge is -2.33. The van der Waals surface area contributed by atoms with E-state index in [4.69, 9.17) is 5.73 Å². The molecule has 8 rings (SSSR count). The van der Waals surface area contributed by atoms with E-state index in [2.05, 4.69) is 77.3 Å². The molecule has 2 fully saturated rings. The molecule has 0 amide bonds. The molecule has 0 bridgehead atoms. The fourth-order valence-electron chi connectivity index (χ4n) is 8.49. The van der Waals surface area contributed by atoms with Gasteiger partial charge in [-0.05, 0) is 126 Å². The SMILES string of the molecule is CC1(C)CCc2sc3ncnc(NC4CCC(N)CC4)c3c2C1.CN(C)C1CCC(Nc2ncnc3sc4c(c23)CC(C)(C)CC4)CC1. The zero-order valence-electron chi connectivity index (χ0n) is 30.0. The van der Waals surface area contributed by atoms with Crippen molar-refractivity contribution in [1.29, 1.82) is 0 Å². The van der Waals surface area contributed by atoms with Gasteiger partial charge in [0.15, 0.2) is 0 Å². The van der Waals surface area contributed by atoms with Crippen LogP contribution in [0.4, 0.5) is 11.6 Å². The van der Waals surface area contributed by atoms with Gasteiger partial charge in [-0.3, -0.25) is 0 Å². The minimum absolute atomic E-state index is 0.381. The van der Waals surface area contributed by atoms with Crippen molar-refractivity contribution in [3.05, 3.63) is 33.5 Å². The quantitative estimate of drug-likeness (QED) is 0.192. The summed E-state index contributed by atoms with van der Waals surface area (Å²) in [5.74, 6) is 2.12. The highest BCUT2D eigenvalue weighted by molar-refractivity contribution is 7.19. The molecule has 0 saturated heterocycles. The average Bonchev–Trinajstić information content (AvgIpc) is 3.60. The standard InChI is InChI=1S/C20H30N4S.C18H26N4S/c1-20(2)10-9-16-15(11-20)17-18(21-12-22-19(17)25-16)23-13-5-7-14(8-6-13)24(3)4;1-18(2)8-7-14-13(9-18)15-16(20-10-21-17(15)23-14)22-12-5-3-11(19)4-6-12/h12-14H,5-11H2,1-4H3,(H,21,22,23);10-12H,3-9,19H2,1-2H3,(H,20,21,22). The molecule has 4 aromatic heterocycles. The van der Waals surface area contributed by atoms with Crippen molar-refractivity contribution >= 4 is 54.7 Å². The van der Waals surface area contributed by atoms with E-state index in [0.29, 0.717) is 29.0 Å². The van der Waals surface area contributed by atoms with Gasteiger partial charge in [-0.2, -0.15) is 0 Å². The molecule has 4 aliphatic carbocycles. The molecule has 0 spiro atoms. The number of nitrogens with two attached hydrogens (primary N) is 1. The van der Waals surface area contributed by atoms with E-state index in [1.807, 2.05) is 22.7 Å². The molecule has 10 heteroatoms. The molecule has 2 saturated carbocycles. The molecule has 260 valence electrons. The van der Waals surface area contributed by atoms with Gasteiger partial charge in [-0.15, -0.1) is 22.7 Å². The largest absolute Gasteiger partial charge is 0.367 e. The van der Waals surface area contributed by atoms with Gasteiger partial charge in [0.05, 0.1) is 10.8 Å². The van der Waals surface area contributed by atoms with Crippen molar-refractivity contribution < 1.29 is 0 Å². The summed E-state index contributed by atoms with van der Waals surface area (Å²) in [7, 11) is 4.40. The lowest BCUT2D eigenvalue weighted by atomic mass is 9.76. The average molecular weight is 689 g/mol. The molecule has 8 nitrogen and oxygen atoms in total. The Morgan fingerprint density at radius 3 is 1.54 bits per heavy atom. The van der Waals surface area contributed by atoms with E-state index >= 15 is 0 Å². The van der Waals surface area contributed by atoms with Gasteiger partial charge in [0, 0.05) is 33.9 Å². The van der Waals surface area contributed by atoms with Crippen LogP contribution in [0.1, 0.15) is 113 Å². The minimum atomic E-state index is 0.381. The second kappa shape index (κ2) is 13.7. The molecule has 4 aromatic rings. The van der Waals surface area contributed by atoms with E-state index in [1.165, 1.54) is 87.9 Å². The first-order valence-electron chi connectivity index (χ1n) is 18.4. The third-order valence-electron chi connectivity index (χ3n) is 11.6. The summed E-state index contributed by atoms with van der Waals surface area (Å²) in [6, 6.07) is 2.16. The number of anilines is 2. The maximum absolute atomic E-state index is 6.03. The van der Waals surface area contributed by atoms with Crippen LogP contribution in [0.3, 0.4) is 0 Å². The van der Waals surface area contributed by atoms with Crippen LogP contribution in [0.15, 0.2) is 12.7 Å². The molecule has 0 unspecified atom stereocenters. The molecule has 0 aromatic carbocycles. The van der Waals surface area contributed by atoms with Crippen LogP contribution in [0.5, 0.6) is 0 Å². The number of rotatable bonds is 5. The summed E-state index contributed by atoms with van der Waals surface area (Å²) in [6.45, 7) is 9.52. The number of hydrogen-bond acceptors (Lipinski definition) is 10. The number of thiophene rings is 2. The molecule has 48 heavy (non-hydrogen) atoms. The molecular weight excluding hydrogens is 633 g/mol. The highest BCUT2D eigenvalue weighted by atomic mass is 32.1. The van der Waals surface area contributed by atoms with Gasteiger partial charge in [0.2, 0.25) is 0 Å². The molecule has 4 heterocycles. The fourth-order valence-corrected chi connectivity index (χ4v) is 10.8. The predicted octanol–water partition coefficient (Wildman–Crippen LogP) is 8.38. The molecule has 0 atom stereocenters. The summed E-state index contributed by atoms with van der Waals surface area (Å²) >= 11 is 3.75. The third-order valence-corrected chi connectivity index (χ3v) is 14.0. The third kappa shape index (κ3) is 7.37. The van der Waals surface area contributed by atoms with Gasteiger partial charge in [-0.1, -0.05) is 27.7 Å². The summed E-state index contributed by atoms with van der Waals surface area (Å²) in [4.78, 5) is 26.1. The normalized spacial score (nSPS) is 26.4. The van der Waals surface area contributed by atoms with Crippen LogP contribution in [0.2, 0.25) is 0 Å². The van der Waals surface area contributed by atoms with Gasteiger partial charge in [0.25, 0.3) is 0 Å². The van der Waals surface area contributed by atoms with Gasteiger partial charge < -0.3 is 21.3 Å². The number of hydrogen-bond donors (Lipinski definition) is 3. The van der Waals surface area contributed by atoms with Crippen LogP contribution < -0.4 is 16.4 Å². The first-order chi connectivity index (χ1) is 22.9. The van der Waals surface area contributed by atoms with E-state index in [-0.39, 0.29) is 0 Å². The molecule has 4 N–H and O–H groups in total. The maximum atomic E-state index is 6.03. The van der Waals surface area contributed by atoms with E-state index in [0.717, 1.165) is 61.0 Å². The highest BCUT2D eigenvalue weighted by Crippen LogP contribution is 2.45. The number of aryl methyl sites for hydroxylation is 2. The van der Waals surface area contributed by atoms with Crippen molar-refractivity contribution in [2.45, 2.75) is 142 Å². The van der Waals surface area contributed by atoms with Crippen molar-refractivity contribution in [2.24, 2.45) is 16.6 Å². The molecule has 4 aliphatic rings. The number of nitrogens with one attached hydrogen (secondary N) is 2. The lowest BCUT2D eigenvalue weighted by molar-refractivity contribution is 0.221. The maximum Gasteiger partial charge on any atom is 0.138 e. The topological polar surface area (TPSA) is 105 Å². The predicted molar refractivity (Wildman–Crippen MR) is 204 cm³/mol. The van der Waals surface area contributed by atoms with E-state index in [9.17, 15) is 0 Å². The van der Waals surface area contributed by atoms with E-state index < -0.39 is 0 Å². The van der Waals surface area contributed by atoms with Crippen molar-refractivity contribution in [2.75, 3.05) is 24.7 Å². The van der Waals surface area contributed by atoms with Crippen molar-refractivity contribution in [3.8, 4) is 0 Å². The lowest BCUT2D eigenvalue weighted by Crippen LogP contribution is -2.36. The Morgan fingerprint density at radius 1 is 0.667 bits per heavy atom. The van der Waals surface area contributed by atoms with Crippen LogP contribution >= 0.6 is 22.7 Å². The summed E-state index contributed by atoms with van der Waals surface area (Å²) < 4.78 is 0. The summed E-state index contributed by atoms with van der Waals surface area (Å²) in [5.41, 5.74) is 9.81. The zero-order chi connectivity index (χ0) is 33.6. The fraction of sp³-hybridized carbons (Fsp3) is 0.684. The van der Waals surface area contributed by atoms with Crippen molar-refractivity contribution in [1.82, 2.24) is 24.8 Å². The second-order valence-corrected chi connectivity index (χ2v) is 19.0. The Bertz CT molecular complexity index is 1720. The molecular formula is C38H56N8S2. The summed E-state index contributed by atoms with van der Waals surface area (Å²) in [5, 5.41) is 10.1. The smallest absolute Gasteiger partial charge is 0.138 e. The van der Waals surface area contributed by atoms with Crippen LogP contribution in [0.25, 0.3) is 20.4 Å². The number of fused-ring (bicyclic) bond motifs is 6. The monoisotopic (exact) mass is 688 g/mol. The second-order valence-electron chi connectivity index (χ2n) is 16.9. The van der Waals surface area contributed by atoms with E-state index in [1.54, 1.807) is 12.7 Å². The molecule has 0 radical (unpaired) electrons. The van der Waals surface area contributed by atoms with Crippen molar-refractivity contribution in [3.63, 3.8) is 0 Å². The Hall–Kier alpha value is -2.40. The Balaban J connectivity index is 0.000000152. The number of nitrogens with zero attached hydrogens (tertiary/aromatic N) is 5. The van der Waals surface area contributed by atoms with Gasteiger partial charge in [-0.25, -0.2) is 19.9 Å². The molecule has 0 aliphatic heterocycles. The first-order valence-corrected chi connectivity index (χ1v) is 20.0. The Kier molecular flexibility index (Phi) is 9.74. The minimum Gasteiger partial charge on any atom is -0.367 e. The van der Waals surface area contributed by atoms with Crippen LogP contribution in [-0.4, -0.2) is 63.1 Å². The Labute approximate surface area is 295 Å². The van der Waals surface area contributed by atoms with Crippen LogP contribution in [-0.2, 0) is 25.7 Å². The van der Waals surface area contributed by atoms with Gasteiger partial charge in [0.1, 0.15) is 34.0 Å². The van der Waals surface area contributed by atoms with Gasteiger partial charge >= 0.3 is 0 Å². The first kappa shape index (κ1) is 34.1.